The minimum atomic E-state index is -3.70. The first-order valence-electron chi connectivity index (χ1n) is 11.4. The smallest absolute Gasteiger partial charge is 0.251 e. The van der Waals surface area contributed by atoms with Gasteiger partial charge in [-0.15, -0.1) is 6.58 Å². The lowest BCUT2D eigenvalue weighted by Crippen LogP contribution is -2.38. The van der Waals surface area contributed by atoms with Crippen molar-refractivity contribution < 1.29 is 22.7 Å². The molecule has 1 saturated heterocycles. The van der Waals surface area contributed by atoms with Crippen LogP contribution in [0, 0.1) is 0 Å². The Balaban J connectivity index is 1.51. The Morgan fingerprint density at radius 2 is 1.97 bits per heavy atom. The van der Waals surface area contributed by atoms with E-state index in [1.54, 1.807) is 12.1 Å². The van der Waals surface area contributed by atoms with E-state index in [0.717, 1.165) is 43.9 Å². The number of benzene rings is 2. The molecule has 0 saturated carbocycles. The third kappa shape index (κ3) is 7.66. The van der Waals surface area contributed by atoms with Crippen LogP contribution in [0.25, 0.3) is 0 Å². The van der Waals surface area contributed by atoms with Crippen LogP contribution in [-0.2, 0) is 21.3 Å². The maximum Gasteiger partial charge on any atom is 0.251 e. The van der Waals surface area contributed by atoms with E-state index in [9.17, 15) is 13.2 Å². The molecule has 1 amide bonds. The first kappa shape index (κ1) is 25.9. The van der Waals surface area contributed by atoms with Crippen LogP contribution >= 0.6 is 0 Å². The molecule has 2 aromatic carbocycles. The van der Waals surface area contributed by atoms with Crippen molar-refractivity contribution in [2.75, 3.05) is 40.0 Å². The second-order valence-electron chi connectivity index (χ2n) is 8.17. The highest BCUT2D eigenvalue weighted by molar-refractivity contribution is 7.89. The van der Waals surface area contributed by atoms with E-state index in [0.29, 0.717) is 19.2 Å². The molecule has 0 spiro atoms. The van der Waals surface area contributed by atoms with Crippen molar-refractivity contribution in [1.82, 2.24) is 14.9 Å². The summed E-state index contributed by atoms with van der Waals surface area (Å²) in [6.07, 6.45) is 3.55. The monoisotopic (exact) mass is 487 g/mol. The summed E-state index contributed by atoms with van der Waals surface area (Å²) in [4.78, 5) is 14.9. The number of nitrogens with zero attached hydrogens (tertiary/aromatic N) is 1. The van der Waals surface area contributed by atoms with Gasteiger partial charge < -0.3 is 14.8 Å². The average molecular weight is 488 g/mol. The SMILES string of the molecule is C=CCNS(=O)(=O)c1cccc(C(=O)NCc2cccc(OCCN(C)C3CCOCC3)c2)c1. The van der Waals surface area contributed by atoms with Crippen molar-refractivity contribution in [3.05, 3.63) is 72.3 Å². The van der Waals surface area contributed by atoms with Crippen molar-refractivity contribution in [3.63, 3.8) is 0 Å². The van der Waals surface area contributed by atoms with Gasteiger partial charge in [0.25, 0.3) is 5.91 Å². The number of carbonyl (C=O) groups is 1. The molecule has 1 heterocycles. The Labute approximate surface area is 202 Å². The van der Waals surface area contributed by atoms with E-state index in [1.807, 2.05) is 24.3 Å². The van der Waals surface area contributed by atoms with Gasteiger partial charge in [-0.05, 0) is 55.8 Å². The number of sulfonamides is 1. The summed E-state index contributed by atoms with van der Waals surface area (Å²) < 4.78 is 38.3. The van der Waals surface area contributed by atoms with Gasteiger partial charge in [0.15, 0.2) is 0 Å². The highest BCUT2D eigenvalue weighted by atomic mass is 32.2. The average Bonchev–Trinajstić information content (AvgIpc) is 2.87. The standard InChI is InChI=1S/C25H33N3O5S/c1-3-12-27-34(30,31)24-9-5-7-21(18-24)25(29)26-19-20-6-4-8-23(17-20)33-16-13-28(2)22-10-14-32-15-11-22/h3-9,17-18,22,27H,1,10-16,19H2,2H3,(H,26,29). The lowest BCUT2D eigenvalue weighted by Gasteiger charge is -2.31. The fourth-order valence-electron chi connectivity index (χ4n) is 3.70. The summed E-state index contributed by atoms with van der Waals surface area (Å²) >= 11 is 0. The Kier molecular flexibility index (Phi) is 9.64. The molecule has 2 N–H and O–H groups in total. The summed E-state index contributed by atoms with van der Waals surface area (Å²) in [6.45, 7) is 6.94. The van der Waals surface area contributed by atoms with Gasteiger partial charge in [-0.25, -0.2) is 13.1 Å². The first-order valence-corrected chi connectivity index (χ1v) is 12.9. The number of hydrogen-bond donors (Lipinski definition) is 2. The molecule has 2 aromatic rings. The number of likely N-dealkylation sites (N-methyl/N-ethyl adjacent to an activating group) is 1. The summed E-state index contributed by atoms with van der Waals surface area (Å²) in [5.41, 5.74) is 1.16. The van der Waals surface area contributed by atoms with Crippen LogP contribution in [0.3, 0.4) is 0 Å². The number of amides is 1. The second kappa shape index (κ2) is 12.7. The van der Waals surface area contributed by atoms with Gasteiger partial charge in [-0.3, -0.25) is 9.69 Å². The lowest BCUT2D eigenvalue weighted by molar-refractivity contribution is 0.0392. The van der Waals surface area contributed by atoms with Crippen LogP contribution in [0.2, 0.25) is 0 Å². The molecule has 3 rings (SSSR count). The predicted octanol–water partition coefficient (Wildman–Crippen LogP) is 2.57. The van der Waals surface area contributed by atoms with Gasteiger partial charge in [0.1, 0.15) is 12.4 Å². The van der Waals surface area contributed by atoms with Crippen LogP contribution in [-0.4, -0.2) is 65.2 Å². The van der Waals surface area contributed by atoms with Gasteiger partial charge in [0.05, 0.1) is 4.90 Å². The van der Waals surface area contributed by atoms with Crippen LogP contribution in [0.4, 0.5) is 0 Å². The molecule has 1 aliphatic rings. The van der Waals surface area contributed by atoms with E-state index in [1.165, 1.54) is 18.2 Å². The Morgan fingerprint density at radius 1 is 1.21 bits per heavy atom. The number of carbonyl (C=O) groups excluding carboxylic acids is 1. The van der Waals surface area contributed by atoms with Crippen molar-refractivity contribution in [2.24, 2.45) is 0 Å². The molecule has 0 unspecified atom stereocenters. The Bertz CT molecular complexity index is 1070. The zero-order valence-electron chi connectivity index (χ0n) is 19.5. The molecule has 0 aromatic heterocycles. The molecule has 8 nitrogen and oxygen atoms in total. The molecular weight excluding hydrogens is 454 g/mol. The molecule has 0 radical (unpaired) electrons. The third-order valence-corrected chi connectivity index (χ3v) is 7.12. The van der Waals surface area contributed by atoms with E-state index in [-0.39, 0.29) is 22.9 Å². The topological polar surface area (TPSA) is 97.0 Å². The van der Waals surface area contributed by atoms with Crippen LogP contribution in [0.1, 0.15) is 28.8 Å². The minimum absolute atomic E-state index is 0.0307. The highest BCUT2D eigenvalue weighted by Gasteiger charge is 2.18. The third-order valence-electron chi connectivity index (χ3n) is 5.70. The molecule has 9 heteroatoms. The molecule has 0 aliphatic carbocycles. The van der Waals surface area contributed by atoms with Crippen molar-refractivity contribution in [3.8, 4) is 5.75 Å². The Hall–Kier alpha value is -2.72. The predicted molar refractivity (Wildman–Crippen MR) is 131 cm³/mol. The molecule has 1 aliphatic heterocycles. The summed E-state index contributed by atoms with van der Waals surface area (Å²) in [5, 5.41) is 2.84. The number of rotatable bonds is 12. The van der Waals surface area contributed by atoms with Crippen LogP contribution in [0.15, 0.2) is 66.1 Å². The van der Waals surface area contributed by atoms with E-state index < -0.39 is 10.0 Å². The van der Waals surface area contributed by atoms with Crippen LogP contribution in [0.5, 0.6) is 5.75 Å². The van der Waals surface area contributed by atoms with Gasteiger partial charge >= 0.3 is 0 Å². The molecule has 184 valence electrons. The Morgan fingerprint density at radius 3 is 2.74 bits per heavy atom. The van der Waals surface area contributed by atoms with Crippen molar-refractivity contribution in [1.29, 1.82) is 0 Å². The largest absolute Gasteiger partial charge is 0.492 e. The van der Waals surface area contributed by atoms with Gasteiger partial charge in [0.2, 0.25) is 10.0 Å². The van der Waals surface area contributed by atoms with Crippen molar-refractivity contribution >= 4 is 15.9 Å². The lowest BCUT2D eigenvalue weighted by atomic mass is 10.1. The van der Waals surface area contributed by atoms with E-state index >= 15 is 0 Å². The van der Waals surface area contributed by atoms with Crippen LogP contribution < -0.4 is 14.8 Å². The minimum Gasteiger partial charge on any atom is -0.492 e. The van der Waals surface area contributed by atoms with Gasteiger partial charge in [-0.2, -0.15) is 0 Å². The van der Waals surface area contributed by atoms with E-state index in [4.69, 9.17) is 9.47 Å². The fourth-order valence-corrected chi connectivity index (χ4v) is 4.75. The first-order chi connectivity index (χ1) is 16.4. The fraction of sp³-hybridized carbons (Fsp3) is 0.400. The van der Waals surface area contributed by atoms with E-state index in [2.05, 4.69) is 28.6 Å². The molecule has 34 heavy (non-hydrogen) atoms. The number of nitrogens with one attached hydrogen (secondary N) is 2. The maximum absolute atomic E-state index is 12.6. The molecule has 0 atom stereocenters. The normalized spacial score (nSPS) is 14.6. The summed E-state index contributed by atoms with van der Waals surface area (Å²) in [7, 11) is -1.59. The highest BCUT2D eigenvalue weighted by Crippen LogP contribution is 2.16. The quantitative estimate of drug-likeness (QED) is 0.447. The zero-order chi connectivity index (χ0) is 24.4. The molecule has 1 fully saturated rings. The molecular formula is C25H33N3O5S. The summed E-state index contributed by atoms with van der Waals surface area (Å²) in [6, 6.07) is 14.0. The summed E-state index contributed by atoms with van der Waals surface area (Å²) in [5.74, 6) is 0.388. The number of ether oxygens (including phenoxy) is 2. The zero-order valence-corrected chi connectivity index (χ0v) is 20.4. The number of hydrogen-bond acceptors (Lipinski definition) is 6. The van der Waals surface area contributed by atoms with Crippen molar-refractivity contribution in [2.45, 2.75) is 30.3 Å². The molecule has 0 bridgehead atoms. The van der Waals surface area contributed by atoms with Gasteiger partial charge in [-0.1, -0.05) is 24.3 Å². The van der Waals surface area contributed by atoms with Gasteiger partial charge in [0, 0.05) is 44.5 Å². The maximum atomic E-state index is 12.6. The second-order valence-corrected chi connectivity index (χ2v) is 9.94.